The second-order valence-corrected chi connectivity index (χ2v) is 4.67. The van der Waals surface area contributed by atoms with E-state index in [1.54, 1.807) is 60.7 Å². The molecule has 6 heteroatoms. The van der Waals surface area contributed by atoms with Gasteiger partial charge in [0, 0.05) is 0 Å². The Morgan fingerprint density at radius 3 is 1.44 bits per heavy atom. The van der Waals surface area contributed by atoms with Crippen molar-refractivity contribution in [3.63, 3.8) is 0 Å². The fourth-order valence-corrected chi connectivity index (χ4v) is 2.32. The van der Waals surface area contributed by atoms with Gasteiger partial charge < -0.3 is 2.85 Å². The molecule has 0 unspecified atom stereocenters. The smallest absolute Gasteiger partial charge is 1.00 e. The van der Waals surface area contributed by atoms with Crippen molar-refractivity contribution in [3.8, 4) is 0 Å². The first-order chi connectivity index (χ1) is 8.09. The average Bonchev–Trinajstić information content (AvgIpc) is 2.30. The average molecular weight is 389 g/mol. The summed E-state index contributed by atoms with van der Waals surface area (Å²) >= 11 is 0. The Kier molecular flexibility index (Phi) is 5.93. The molecule has 0 radical (unpaired) electrons. The van der Waals surface area contributed by atoms with Gasteiger partial charge in [-0.15, -0.1) is 0 Å². The molecule has 0 spiro atoms. The van der Waals surface area contributed by atoms with Crippen molar-refractivity contribution in [1.82, 2.24) is 0 Å². The molecule has 2 aromatic rings. The number of benzene rings is 2. The zero-order valence-corrected chi connectivity index (χ0v) is 14.9. The summed E-state index contributed by atoms with van der Waals surface area (Å²) in [5.41, 5.74) is 0.780. The number of rotatable bonds is 3. The van der Waals surface area contributed by atoms with E-state index in [1.807, 2.05) is 0 Å². The Balaban J connectivity index is 0. The van der Waals surface area contributed by atoms with Crippen LogP contribution in [0, 0.1) is 0 Å². The Morgan fingerprint density at radius 2 is 1.17 bits per heavy atom. The Labute approximate surface area is 150 Å². The van der Waals surface area contributed by atoms with Gasteiger partial charge in [-0.1, -0.05) is 36.4 Å². The van der Waals surface area contributed by atoms with Gasteiger partial charge in [0.2, 0.25) is 0 Å². The minimum absolute atomic E-state index is 0. The third-order valence-electron chi connectivity index (χ3n) is 2.21. The summed E-state index contributed by atoms with van der Waals surface area (Å²) in [6.45, 7) is 0. The molecule has 0 saturated carbocycles. The van der Waals surface area contributed by atoms with Crippen LogP contribution < -0.4 is 4.31 Å². The molecule has 0 aliphatic carbocycles. The maximum Gasteiger partial charge on any atom is 2.00 e. The van der Waals surface area contributed by atoms with E-state index in [0.29, 0.717) is 11.4 Å². The van der Waals surface area contributed by atoms with Crippen molar-refractivity contribution in [2.75, 3.05) is 4.31 Å². The largest absolute Gasteiger partial charge is 2.00 e. The number of para-hydroxylation sites is 2. The predicted molar refractivity (Wildman–Crippen MR) is 74.5 cm³/mol. The van der Waals surface area contributed by atoms with Gasteiger partial charge in [0.15, 0.2) is 0 Å². The molecule has 0 aliphatic heterocycles. The molecule has 2 aromatic carbocycles. The summed E-state index contributed by atoms with van der Waals surface area (Å²) in [5.74, 6) is 0. The fourth-order valence-electron chi connectivity index (χ4n) is 1.54. The van der Waals surface area contributed by atoms with Gasteiger partial charge in [-0.3, -0.25) is 4.55 Å². The number of hydrogen-bond acceptors (Lipinski definition) is 2. The van der Waals surface area contributed by atoms with Crippen molar-refractivity contribution in [1.29, 1.82) is 0 Å². The van der Waals surface area contributed by atoms with Crippen LogP contribution in [0.25, 0.3) is 0 Å². The summed E-state index contributed by atoms with van der Waals surface area (Å²) in [4.78, 5) is 0. The van der Waals surface area contributed by atoms with Crippen LogP contribution >= 0.6 is 0 Å². The van der Waals surface area contributed by atoms with Crippen molar-refractivity contribution in [3.05, 3.63) is 60.7 Å². The molecule has 0 fully saturated rings. The fraction of sp³-hybridized carbons (Fsp3) is 0. The van der Waals surface area contributed by atoms with Crippen LogP contribution in [-0.4, -0.2) is 61.9 Å². The van der Waals surface area contributed by atoms with Crippen LogP contribution in [0.2, 0.25) is 0 Å². The van der Waals surface area contributed by atoms with Crippen molar-refractivity contribution in [2.24, 2.45) is 0 Å². The monoisotopic (exact) mass is 389 g/mol. The molecule has 2 rings (SSSR count). The van der Waals surface area contributed by atoms with Crippen LogP contribution in [0.3, 0.4) is 0 Å². The van der Waals surface area contributed by atoms with Crippen molar-refractivity contribution < 1.29 is 15.8 Å². The van der Waals surface area contributed by atoms with Crippen molar-refractivity contribution >= 4 is 70.6 Å². The summed E-state index contributed by atoms with van der Waals surface area (Å²) in [6, 6.07) is 16.8. The van der Waals surface area contributed by atoms with E-state index in [2.05, 4.69) is 0 Å². The van der Waals surface area contributed by atoms with E-state index < -0.39 is 10.3 Å². The molecule has 1 N–H and O–H groups in total. The molecule has 0 heterocycles. The Bertz CT molecular complexity index is 557. The first-order valence-electron chi connectivity index (χ1n) is 4.97. The van der Waals surface area contributed by atoms with Gasteiger partial charge in [0.25, 0.3) is 0 Å². The minimum Gasteiger partial charge on any atom is -1.00 e. The maximum atomic E-state index is 11.4. The molecule has 92 valence electrons. The first kappa shape index (κ1) is 15.8. The standard InChI is InChI=1S/C12H11NO3S.Ba.2H/c14-17(15,16)13(11-7-3-1-4-8-11)12-9-5-2-6-10-12;;;/h1-10H,(H,14,15,16);;;/q;+2;2*-1. The van der Waals surface area contributed by atoms with Crippen LogP contribution in [0.1, 0.15) is 2.85 Å². The van der Waals surface area contributed by atoms with E-state index in [0.717, 1.165) is 4.31 Å². The van der Waals surface area contributed by atoms with E-state index in [9.17, 15) is 13.0 Å². The second kappa shape index (κ2) is 6.76. The predicted octanol–water partition coefficient (Wildman–Crippen LogP) is 2.47. The topological polar surface area (TPSA) is 57.6 Å². The number of nitrogens with zero attached hydrogens (tertiary/aromatic N) is 1. The van der Waals surface area contributed by atoms with E-state index in [4.69, 9.17) is 0 Å². The third-order valence-corrected chi connectivity index (χ3v) is 3.10. The minimum atomic E-state index is -4.34. The molecule has 4 nitrogen and oxygen atoms in total. The quantitative estimate of drug-likeness (QED) is 0.649. The molecule has 0 saturated heterocycles. The van der Waals surface area contributed by atoms with E-state index in [1.165, 1.54) is 0 Å². The Morgan fingerprint density at radius 1 is 0.833 bits per heavy atom. The van der Waals surface area contributed by atoms with Crippen LogP contribution in [0.5, 0.6) is 0 Å². The van der Waals surface area contributed by atoms with E-state index in [-0.39, 0.29) is 51.7 Å². The van der Waals surface area contributed by atoms with Gasteiger partial charge >= 0.3 is 59.2 Å². The zero-order chi connectivity index (χ0) is 12.3. The summed E-state index contributed by atoms with van der Waals surface area (Å²) in [7, 11) is -4.34. The summed E-state index contributed by atoms with van der Waals surface area (Å²) in [5, 5.41) is 0. The van der Waals surface area contributed by atoms with Gasteiger partial charge in [0.05, 0.1) is 11.4 Å². The normalized spacial score (nSPS) is 10.5. The van der Waals surface area contributed by atoms with Crippen LogP contribution in [-0.2, 0) is 10.3 Å². The second-order valence-electron chi connectivity index (χ2n) is 3.41. The van der Waals surface area contributed by atoms with Gasteiger partial charge in [-0.05, 0) is 24.3 Å². The van der Waals surface area contributed by atoms with E-state index >= 15 is 0 Å². The molecule has 0 aliphatic rings. The molecular weight excluding hydrogens is 376 g/mol. The molecule has 18 heavy (non-hydrogen) atoms. The molecule has 0 amide bonds. The number of hydrogen-bond donors (Lipinski definition) is 1. The maximum absolute atomic E-state index is 11.4. The number of anilines is 2. The van der Waals surface area contributed by atoms with Gasteiger partial charge in [-0.25, -0.2) is 4.31 Å². The molecular formula is C12H13BaNO3S. The summed E-state index contributed by atoms with van der Waals surface area (Å²) < 4.78 is 33.0. The molecule has 0 bridgehead atoms. The van der Waals surface area contributed by atoms with Crippen molar-refractivity contribution in [2.45, 2.75) is 0 Å². The van der Waals surface area contributed by atoms with Crippen LogP contribution in [0.15, 0.2) is 60.7 Å². The summed E-state index contributed by atoms with van der Waals surface area (Å²) in [6.07, 6.45) is 0. The molecule has 0 atom stereocenters. The van der Waals surface area contributed by atoms with Crippen LogP contribution in [0.4, 0.5) is 11.4 Å². The van der Waals surface area contributed by atoms with Gasteiger partial charge in [0.1, 0.15) is 0 Å². The third kappa shape index (κ3) is 3.86. The SMILES string of the molecule is O=S(=O)(O)N(c1ccccc1)c1ccccc1.[Ba+2].[H-].[H-]. The first-order valence-corrected chi connectivity index (χ1v) is 6.36. The Hall–Kier alpha value is -0.279. The molecule has 0 aromatic heterocycles. The zero-order valence-electron chi connectivity index (χ0n) is 11.6. The van der Waals surface area contributed by atoms with Gasteiger partial charge in [-0.2, -0.15) is 8.42 Å².